The second-order valence-corrected chi connectivity index (χ2v) is 9.99. The van der Waals surface area contributed by atoms with Crippen molar-refractivity contribution in [1.29, 1.82) is 0 Å². The van der Waals surface area contributed by atoms with Gasteiger partial charge in [-0.1, -0.05) is 12.1 Å². The first-order chi connectivity index (χ1) is 19.5. The second-order valence-electron chi connectivity index (χ2n) is 9.99. The molecule has 0 aliphatic carbocycles. The molecule has 1 saturated heterocycles. The Hall–Kier alpha value is -3.64. The number of carboxylic acid groups (broad SMARTS) is 1. The first-order valence-corrected chi connectivity index (χ1v) is 13.9. The van der Waals surface area contributed by atoms with E-state index in [1.165, 1.54) is 5.56 Å². The summed E-state index contributed by atoms with van der Waals surface area (Å²) in [5.74, 6) is 0.629. The molecule has 3 heterocycles. The van der Waals surface area contributed by atoms with Crippen LogP contribution in [0.4, 0.5) is 17.5 Å². The molecule has 2 aromatic heterocycles. The Morgan fingerprint density at radius 2 is 1.73 bits per heavy atom. The van der Waals surface area contributed by atoms with Crippen molar-refractivity contribution in [2.45, 2.75) is 19.4 Å². The van der Waals surface area contributed by atoms with E-state index in [2.05, 4.69) is 47.5 Å². The van der Waals surface area contributed by atoms with Crippen LogP contribution in [-0.4, -0.2) is 107 Å². The molecule has 1 aliphatic heterocycles. The number of nitrogens with one attached hydrogen (secondary N) is 2. The molecule has 0 amide bonds. The molecule has 0 bridgehead atoms. The molecule has 11 heteroatoms. The molecule has 1 fully saturated rings. The number of aliphatic carboxylic acids is 1. The molecule has 0 spiro atoms. The fourth-order valence-corrected chi connectivity index (χ4v) is 4.78. The van der Waals surface area contributed by atoms with E-state index in [1.807, 2.05) is 48.6 Å². The maximum Gasteiger partial charge on any atom is 0.317 e. The summed E-state index contributed by atoms with van der Waals surface area (Å²) in [4.78, 5) is 31.1. The number of carbonyl (C=O) groups is 1. The van der Waals surface area contributed by atoms with Gasteiger partial charge < -0.3 is 25.7 Å². The van der Waals surface area contributed by atoms with Crippen LogP contribution in [-0.2, 0) is 11.3 Å². The minimum absolute atomic E-state index is 0.107. The molecule has 1 aliphatic rings. The van der Waals surface area contributed by atoms with Crippen molar-refractivity contribution in [1.82, 2.24) is 30.1 Å². The average molecular weight is 549 g/mol. The fourth-order valence-electron chi connectivity index (χ4n) is 4.78. The van der Waals surface area contributed by atoms with Crippen LogP contribution >= 0.6 is 0 Å². The van der Waals surface area contributed by atoms with Crippen LogP contribution in [0.5, 0.6) is 0 Å². The van der Waals surface area contributed by atoms with Crippen LogP contribution in [0, 0.1) is 0 Å². The van der Waals surface area contributed by atoms with E-state index < -0.39 is 5.97 Å². The van der Waals surface area contributed by atoms with Gasteiger partial charge in [-0.05, 0) is 61.8 Å². The van der Waals surface area contributed by atoms with Crippen LogP contribution in [0.15, 0.2) is 55.0 Å². The zero-order valence-electron chi connectivity index (χ0n) is 23.2. The molecular weight excluding hydrogens is 508 g/mol. The van der Waals surface area contributed by atoms with Crippen molar-refractivity contribution in [2.24, 2.45) is 0 Å². The van der Waals surface area contributed by atoms with Gasteiger partial charge in [0.25, 0.3) is 0 Å². The van der Waals surface area contributed by atoms with E-state index in [1.54, 1.807) is 6.20 Å². The number of aliphatic hydroxyl groups excluding tert-OH is 1. The molecule has 0 unspecified atom stereocenters. The SMILES string of the molecule is CNCCCN(CCCO)c1ncc(-c2ccnc(Nc3cccc(CN4CCN(CC(=O)O)CC4)c3)c2)cn1. The number of hydrogen-bond donors (Lipinski definition) is 4. The third kappa shape index (κ3) is 8.95. The number of anilines is 3. The number of aliphatic hydroxyl groups is 1. The molecule has 3 aromatic rings. The first-order valence-electron chi connectivity index (χ1n) is 13.9. The summed E-state index contributed by atoms with van der Waals surface area (Å²) in [6.07, 6.45) is 7.09. The van der Waals surface area contributed by atoms with Crippen molar-refractivity contribution >= 4 is 23.4 Å². The summed E-state index contributed by atoms with van der Waals surface area (Å²) in [5, 5.41) is 24.9. The van der Waals surface area contributed by atoms with Gasteiger partial charge in [0.05, 0.1) is 6.54 Å². The van der Waals surface area contributed by atoms with Gasteiger partial charge in [-0.25, -0.2) is 15.0 Å². The van der Waals surface area contributed by atoms with E-state index in [9.17, 15) is 9.90 Å². The number of hydrogen-bond acceptors (Lipinski definition) is 10. The number of aromatic nitrogens is 3. The summed E-state index contributed by atoms with van der Waals surface area (Å²) < 4.78 is 0. The highest BCUT2D eigenvalue weighted by atomic mass is 16.4. The Morgan fingerprint density at radius 3 is 2.45 bits per heavy atom. The van der Waals surface area contributed by atoms with Gasteiger partial charge in [-0.15, -0.1) is 0 Å². The van der Waals surface area contributed by atoms with Crippen LogP contribution in [0.1, 0.15) is 18.4 Å². The van der Waals surface area contributed by atoms with E-state index in [-0.39, 0.29) is 13.2 Å². The number of pyridine rings is 1. The zero-order chi connectivity index (χ0) is 28.2. The van der Waals surface area contributed by atoms with Crippen LogP contribution in [0.3, 0.4) is 0 Å². The topological polar surface area (TPSA) is 130 Å². The zero-order valence-corrected chi connectivity index (χ0v) is 23.2. The van der Waals surface area contributed by atoms with E-state index in [0.29, 0.717) is 18.9 Å². The van der Waals surface area contributed by atoms with Gasteiger partial charge in [-0.2, -0.15) is 0 Å². The van der Waals surface area contributed by atoms with E-state index in [0.717, 1.165) is 74.9 Å². The Labute approximate surface area is 235 Å². The second kappa shape index (κ2) is 15.2. The van der Waals surface area contributed by atoms with Crippen molar-refractivity contribution in [3.8, 4) is 11.1 Å². The predicted octanol–water partition coefficient (Wildman–Crippen LogP) is 2.28. The van der Waals surface area contributed by atoms with Crippen LogP contribution in [0.25, 0.3) is 11.1 Å². The molecule has 0 atom stereocenters. The first kappa shape index (κ1) is 29.3. The largest absolute Gasteiger partial charge is 0.480 e. The van der Waals surface area contributed by atoms with Gasteiger partial charge in [0.15, 0.2) is 0 Å². The third-order valence-electron chi connectivity index (χ3n) is 6.88. The van der Waals surface area contributed by atoms with Gasteiger partial charge in [-0.3, -0.25) is 14.6 Å². The lowest BCUT2D eigenvalue weighted by Crippen LogP contribution is -2.47. The molecule has 0 radical (unpaired) electrons. The lowest BCUT2D eigenvalue weighted by atomic mass is 10.1. The van der Waals surface area contributed by atoms with E-state index in [4.69, 9.17) is 5.11 Å². The number of piperazine rings is 1. The van der Waals surface area contributed by atoms with Gasteiger partial charge >= 0.3 is 5.97 Å². The lowest BCUT2D eigenvalue weighted by Gasteiger charge is -2.33. The van der Waals surface area contributed by atoms with Crippen molar-refractivity contribution in [2.75, 3.05) is 76.2 Å². The van der Waals surface area contributed by atoms with Crippen molar-refractivity contribution in [3.05, 3.63) is 60.6 Å². The van der Waals surface area contributed by atoms with Crippen molar-refractivity contribution < 1.29 is 15.0 Å². The minimum atomic E-state index is -0.772. The Morgan fingerprint density at radius 1 is 0.975 bits per heavy atom. The number of rotatable bonds is 15. The highest BCUT2D eigenvalue weighted by Crippen LogP contribution is 2.24. The lowest BCUT2D eigenvalue weighted by molar-refractivity contribution is -0.138. The maximum atomic E-state index is 11.0. The molecule has 40 heavy (non-hydrogen) atoms. The number of carboxylic acids is 1. The predicted molar refractivity (Wildman–Crippen MR) is 157 cm³/mol. The Balaban J connectivity index is 1.37. The highest BCUT2D eigenvalue weighted by Gasteiger charge is 2.18. The number of benzene rings is 1. The molecule has 4 rings (SSSR count). The third-order valence-corrected chi connectivity index (χ3v) is 6.88. The molecule has 11 nitrogen and oxygen atoms in total. The van der Waals surface area contributed by atoms with Crippen LogP contribution < -0.4 is 15.5 Å². The monoisotopic (exact) mass is 548 g/mol. The van der Waals surface area contributed by atoms with Gasteiger partial charge in [0, 0.05) is 82.3 Å². The van der Waals surface area contributed by atoms with Crippen LogP contribution in [0.2, 0.25) is 0 Å². The molecular formula is C29H40N8O3. The summed E-state index contributed by atoms with van der Waals surface area (Å²) in [6, 6.07) is 12.2. The molecule has 0 saturated carbocycles. The Kier molecular flexibility index (Phi) is 11.2. The van der Waals surface area contributed by atoms with Gasteiger partial charge in [0.1, 0.15) is 5.82 Å². The fraction of sp³-hybridized carbons (Fsp3) is 0.448. The van der Waals surface area contributed by atoms with E-state index >= 15 is 0 Å². The summed E-state index contributed by atoms with van der Waals surface area (Å²) >= 11 is 0. The Bertz CT molecular complexity index is 1200. The smallest absolute Gasteiger partial charge is 0.317 e. The summed E-state index contributed by atoms with van der Waals surface area (Å²) in [7, 11) is 1.94. The molecule has 1 aromatic carbocycles. The summed E-state index contributed by atoms with van der Waals surface area (Å²) in [5.41, 5.74) is 4.02. The van der Waals surface area contributed by atoms with Crippen molar-refractivity contribution in [3.63, 3.8) is 0 Å². The molecule has 4 N–H and O–H groups in total. The summed E-state index contributed by atoms with van der Waals surface area (Å²) in [6.45, 7) is 6.75. The minimum Gasteiger partial charge on any atom is -0.480 e. The normalized spacial score (nSPS) is 14.2. The standard InChI is InChI=1S/C29H40N8O3/c1-30-8-3-10-37(11-4-16-38)29-32-19-25(20-33-29)24-7-9-31-27(18-24)34-26-6-2-5-23(17-26)21-35-12-14-36(15-13-35)22-28(39)40/h2,5-7,9,17-20,30,38H,3-4,8,10-16,21-22H2,1H3,(H,31,34)(H,39,40). The average Bonchev–Trinajstić information content (AvgIpc) is 2.96. The highest BCUT2D eigenvalue weighted by molar-refractivity contribution is 5.69. The quantitative estimate of drug-likeness (QED) is 0.209. The number of nitrogens with zero attached hydrogens (tertiary/aromatic N) is 6. The molecule has 214 valence electrons. The van der Waals surface area contributed by atoms with Gasteiger partial charge in [0.2, 0.25) is 5.95 Å². The maximum absolute atomic E-state index is 11.0.